The number of piperidine rings is 1. The van der Waals surface area contributed by atoms with Crippen LogP contribution in [0.15, 0.2) is 18.2 Å². The van der Waals surface area contributed by atoms with Crippen LogP contribution in [0, 0.1) is 12.3 Å². The highest BCUT2D eigenvalue weighted by molar-refractivity contribution is 6.31. The second-order valence-corrected chi connectivity index (χ2v) is 6.18. The molecule has 2 rings (SSSR count). The summed E-state index contributed by atoms with van der Waals surface area (Å²) in [4.78, 5) is 25.1. The van der Waals surface area contributed by atoms with E-state index >= 15 is 0 Å². The molecule has 0 radical (unpaired) electrons. The predicted molar refractivity (Wildman–Crippen MR) is 81.8 cm³/mol. The van der Waals surface area contributed by atoms with Gasteiger partial charge in [0.15, 0.2) is 0 Å². The van der Waals surface area contributed by atoms with Crippen LogP contribution in [0.1, 0.15) is 25.3 Å². The van der Waals surface area contributed by atoms with Crippen molar-refractivity contribution < 1.29 is 14.7 Å². The number of benzene rings is 1. The molecule has 0 unspecified atom stereocenters. The van der Waals surface area contributed by atoms with E-state index in [0.717, 1.165) is 5.56 Å². The molecule has 21 heavy (non-hydrogen) atoms. The summed E-state index contributed by atoms with van der Waals surface area (Å²) in [6.07, 6.45) is 0.925. The van der Waals surface area contributed by atoms with Crippen molar-refractivity contribution in [2.75, 3.05) is 18.4 Å². The molecule has 1 aromatic carbocycles. The third-order valence-corrected chi connectivity index (χ3v) is 4.35. The molecule has 0 bridgehead atoms. The summed E-state index contributed by atoms with van der Waals surface area (Å²) in [6.45, 7) is 4.50. The Balaban J connectivity index is 2.00. The second kappa shape index (κ2) is 5.93. The monoisotopic (exact) mass is 310 g/mol. The van der Waals surface area contributed by atoms with Crippen molar-refractivity contribution in [3.8, 4) is 0 Å². The van der Waals surface area contributed by atoms with Crippen molar-refractivity contribution in [1.82, 2.24) is 4.90 Å². The average Bonchev–Trinajstić information content (AvgIpc) is 2.43. The standard InChI is InChI=1S/C15H19ClN2O3/c1-10-3-4-11(16)9-12(10)17-14(21)18-7-5-15(2,6-8-18)13(19)20/h3-4,9H,5-8H2,1-2H3,(H,17,21)(H,19,20). The molecule has 0 atom stereocenters. The van der Waals surface area contributed by atoms with Gasteiger partial charge in [0.25, 0.3) is 0 Å². The van der Waals surface area contributed by atoms with Gasteiger partial charge < -0.3 is 15.3 Å². The highest BCUT2D eigenvalue weighted by atomic mass is 35.5. The summed E-state index contributed by atoms with van der Waals surface area (Å²) < 4.78 is 0. The van der Waals surface area contributed by atoms with Crippen LogP contribution in [0.5, 0.6) is 0 Å². The van der Waals surface area contributed by atoms with Gasteiger partial charge in [-0.05, 0) is 44.4 Å². The molecule has 1 aliphatic rings. The van der Waals surface area contributed by atoms with E-state index in [1.54, 1.807) is 24.0 Å². The Morgan fingerprint density at radius 3 is 2.52 bits per heavy atom. The summed E-state index contributed by atoms with van der Waals surface area (Å²) in [5.41, 5.74) is 0.877. The van der Waals surface area contributed by atoms with Crippen LogP contribution in [-0.2, 0) is 4.79 Å². The Bertz CT molecular complexity index is 566. The van der Waals surface area contributed by atoms with Gasteiger partial charge >= 0.3 is 12.0 Å². The Labute approximate surface area is 128 Å². The van der Waals surface area contributed by atoms with Crippen LogP contribution >= 0.6 is 11.6 Å². The fraction of sp³-hybridized carbons (Fsp3) is 0.467. The van der Waals surface area contributed by atoms with Gasteiger partial charge in [0.2, 0.25) is 0 Å². The lowest BCUT2D eigenvalue weighted by Crippen LogP contribution is -2.46. The molecule has 1 fully saturated rings. The molecule has 1 aromatic rings. The molecule has 1 heterocycles. The van der Waals surface area contributed by atoms with Crippen molar-refractivity contribution in [3.63, 3.8) is 0 Å². The lowest BCUT2D eigenvalue weighted by atomic mass is 9.80. The lowest BCUT2D eigenvalue weighted by molar-refractivity contribution is -0.150. The Morgan fingerprint density at radius 2 is 1.95 bits per heavy atom. The molecule has 0 spiro atoms. The van der Waals surface area contributed by atoms with E-state index in [9.17, 15) is 14.7 Å². The number of urea groups is 1. The zero-order chi connectivity index (χ0) is 15.6. The Kier molecular flexibility index (Phi) is 4.42. The summed E-state index contributed by atoms with van der Waals surface area (Å²) in [5.74, 6) is -0.798. The first kappa shape index (κ1) is 15.6. The number of nitrogens with zero attached hydrogens (tertiary/aromatic N) is 1. The second-order valence-electron chi connectivity index (χ2n) is 5.74. The average molecular weight is 311 g/mol. The van der Waals surface area contributed by atoms with Crippen LogP contribution in [0.3, 0.4) is 0 Å². The number of amides is 2. The van der Waals surface area contributed by atoms with Crippen molar-refractivity contribution in [1.29, 1.82) is 0 Å². The minimum absolute atomic E-state index is 0.215. The van der Waals surface area contributed by atoms with Gasteiger partial charge in [0.1, 0.15) is 0 Å². The first-order valence-electron chi connectivity index (χ1n) is 6.87. The van der Waals surface area contributed by atoms with Crippen LogP contribution in [0.2, 0.25) is 5.02 Å². The van der Waals surface area contributed by atoms with Crippen LogP contribution in [-0.4, -0.2) is 35.1 Å². The zero-order valence-corrected chi connectivity index (χ0v) is 12.9. The minimum atomic E-state index is -0.798. The molecule has 2 amide bonds. The van der Waals surface area contributed by atoms with Crippen LogP contribution in [0.25, 0.3) is 0 Å². The Morgan fingerprint density at radius 1 is 1.33 bits per heavy atom. The topological polar surface area (TPSA) is 69.6 Å². The number of carboxylic acid groups (broad SMARTS) is 1. The van der Waals surface area contributed by atoms with E-state index < -0.39 is 11.4 Å². The highest BCUT2D eigenvalue weighted by Crippen LogP contribution is 2.31. The number of anilines is 1. The van der Waals surface area contributed by atoms with Gasteiger partial charge in [0.05, 0.1) is 5.41 Å². The van der Waals surface area contributed by atoms with E-state index in [1.807, 2.05) is 13.0 Å². The third kappa shape index (κ3) is 3.47. The number of aryl methyl sites for hydroxylation is 1. The van der Waals surface area contributed by atoms with Gasteiger partial charge in [0, 0.05) is 23.8 Å². The smallest absolute Gasteiger partial charge is 0.321 e. The third-order valence-electron chi connectivity index (χ3n) is 4.11. The fourth-order valence-electron chi connectivity index (χ4n) is 2.34. The molecular formula is C15H19ClN2O3. The largest absolute Gasteiger partial charge is 0.481 e. The molecule has 1 aliphatic heterocycles. The first-order chi connectivity index (χ1) is 9.82. The first-order valence-corrected chi connectivity index (χ1v) is 7.25. The van der Waals surface area contributed by atoms with Crippen molar-refractivity contribution in [2.24, 2.45) is 5.41 Å². The summed E-state index contributed by atoms with van der Waals surface area (Å²) in [6, 6.07) is 5.11. The molecular weight excluding hydrogens is 292 g/mol. The molecule has 6 heteroatoms. The van der Waals surface area contributed by atoms with E-state index in [0.29, 0.717) is 36.6 Å². The van der Waals surface area contributed by atoms with E-state index in [-0.39, 0.29) is 6.03 Å². The Hall–Kier alpha value is -1.75. The summed E-state index contributed by atoms with van der Waals surface area (Å²) >= 11 is 5.93. The number of carboxylic acids is 1. The van der Waals surface area contributed by atoms with Gasteiger partial charge in [-0.1, -0.05) is 17.7 Å². The number of halogens is 1. The van der Waals surface area contributed by atoms with Crippen molar-refractivity contribution in [2.45, 2.75) is 26.7 Å². The molecule has 5 nitrogen and oxygen atoms in total. The maximum Gasteiger partial charge on any atom is 0.321 e. The highest BCUT2D eigenvalue weighted by Gasteiger charge is 2.38. The maximum absolute atomic E-state index is 12.2. The number of hydrogen-bond acceptors (Lipinski definition) is 2. The van der Waals surface area contributed by atoms with E-state index in [1.165, 1.54) is 0 Å². The molecule has 114 valence electrons. The number of likely N-dealkylation sites (tertiary alicyclic amines) is 1. The van der Waals surface area contributed by atoms with Gasteiger partial charge in [-0.25, -0.2) is 4.79 Å². The SMILES string of the molecule is Cc1ccc(Cl)cc1NC(=O)N1CCC(C)(C(=O)O)CC1. The molecule has 0 aliphatic carbocycles. The molecule has 2 N–H and O–H groups in total. The molecule has 0 saturated carbocycles. The summed E-state index contributed by atoms with van der Waals surface area (Å²) in [7, 11) is 0. The lowest BCUT2D eigenvalue weighted by Gasteiger charge is -2.36. The van der Waals surface area contributed by atoms with Gasteiger partial charge in [-0.3, -0.25) is 4.79 Å². The zero-order valence-electron chi connectivity index (χ0n) is 12.1. The van der Waals surface area contributed by atoms with Gasteiger partial charge in [-0.2, -0.15) is 0 Å². The van der Waals surface area contributed by atoms with E-state index in [4.69, 9.17) is 11.6 Å². The van der Waals surface area contributed by atoms with Gasteiger partial charge in [-0.15, -0.1) is 0 Å². The number of nitrogens with one attached hydrogen (secondary N) is 1. The quantitative estimate of drug-likeness (QED) is 0.880. The fourth-order valence-corrected chi connectivity index (χ4v) is 2.51. The number of aliphatic carboxylic acids is 1. The predicted octanol–water partition coefficient (Wildman–Crippen LogP) is 3.37. The normalized spacial score (nSPS) is 17.4. The van der Waals surface area contributed by atoms with Crippen molar-refractivity contribution >= 4 is 29.3 Å². The minimum Gasteiger partial charge on any atom is -0.481 e. The van der Waals surface area contributed by atoms with E-state index in [2.05, 4.69) is 5.32 Å². The van der Waals surface area contributed by atoms with Crippen molar-refractivity contribution in [3.05, 3.63) is 28.8 Å². The van der Waals surface area contributed by atoms with Crippen LogP contribution in [0.4, 0.5) is 10.5 Å². The van der Waals surface area contributed by atoms with Crippen LogP contribution < -0.4 is 5.32 Å². The number of hydrogen-bond donors (Lipinski definition) is 2. The number of carbonyl (C=O) groups is 2. The number of rotatable bonds is 2. The summed E-state index contributed by atoms with van der Waals surface area (Å²) in [5, 5.41) is 12.6. The molecule has 0 aromatic heterocycles. The number of carbonyl (C=O) groups excluding carboxylic acids is 1. The molecule has 1 saturated heterocycles. The maximum atomic E-state index is 12.2.